The summed E-state index contributed by atoms with van der Waals surface area (Å²) in [5, 5.41) is 0. The summed E-state index contributed by atoms with van der Waals surface area (Å²) in [6.07, 6.45) is 7.68. The number of carbonyl (C=O) groups is 2. The molecule has 1 saturated heterocycles. The summed E-state index contributed by atoms with van der Waals surface area (Å²) >= 11 is 0. The van der Waals surface area contributed by atoms with E-state index in [0.29, 0.717) is 6.42 Å². The zero-order valence-corrected chi connectivity index (χ0v) is 15.4. The number of rotatable bonds is 6. The van der Waals surface area contributed by atoms with Crippen LogP contribution in [-0.2, 0) is 14.3 Å². The monoisotopic (exact) mass is 327 g/mol. The van der Waals surface area contributed by atoms with E-state index in [0.717, 1.165) is 32.1 Å². The van der Waals surface area contributed by atoms with E-state index in [1.54, 1.807) is 4.90 Å². The maximum Gasteiger partial charge on any atom is 0.411 e. The third kappa shape index (κ3) is 6.40. The van der Waals surface area contributed by atoms with E-state index >= 15 is 0 Å². The zero-order chi connectivity index (χ0) is 17.5. The first-order chi connectivity index (χ1) is 10.8. The number of carbonyl (C=O) groups excluding carboxylic acids is 2. The Morgan fingerprint density at radius 3 is 2.39 bits per heavy atom. The van der Waals surface area contributed by atoms with Crippen LogP contribution in [-0.4, -0.2) is 41.8 Å². The van der Waals surface area contributed by atoms with Crippen LogP contribution in [0.1, 0.15) is 79.1 Å². The number of piperidine rings is 1. The Labute approximate surface area is 140 Å². The van der Waals surface area contributed by atoms with Crippen molar-refractivity contribution in [3.63, 3.8) is 0 Å². The Morgan fingerprint density at radius 2 is 1.83 bits per heavy atom. The molecular formula is C18H33NO4. The molecule has 0 saturated carbocycles. The van der Waals surface area contributed by atoms with Crippen LogP contribution in [0.3, 0.4) is 0 Å². The molecule has 0 aromatic carbocycles. The van der Waals surface area contributed by atoms with Crippen molar-refractivity contribution in [2.45, 2.75) is 96.7 Å². The SMILES string of the molecule is CCCCCC[C@H]1CCC[C@@H](C(=O)OC)N1C(=O)OC(C)(C)C. The Bertz CT molecular complexity index is 389. The van der Waals surface area contributed by atoms with Gasteiger partial charge in [-0.05, 0) is 46.5 Å². The molecule has 0 N–H and O–H groups in total. The highest BCUT2D eigenvalue weighted by molar-refractivity contribution is 5.82. The topological polar surface area (TPSA) is 55.8 Å². The van der Waals surface area contributed by atoms with Gasteiger partial charge in [0.1, 0.15) is 11.6 Å². The largest absolute Gasteiger partial charge is 0.467 e. The molecule has 0 aromatic heterocycles. The maximum atomic E-state index is 12.6. The third-order valence-electron chi connectivity index (χ3n) is 4.21. The second-order valence-electron chi connectivity index (χ2n) is 7.36. The highest BCUT2D eigenvalue weighted by Crippen LogP contribution is 2.29. The second-order valence-corrected chi connectivity index (χ2v) is 7.36. The average Bonchev–Trinajstić information content (AvgIpc) is 2.48. The van der Waals surface area contributed by atoms with Gasteiger partial charge in [0.15, 0.2) is 0 Å². The van der Waals surface area contributed by atoms with Crippen molar-refractivity contribution in [2.75, 3.05) is 7.11 Å². The van der Waals surface area contributed by atoms with Gasteiger partial charge in [0.05, 0.1) is 7.11 Å². The Kier molecular flexibility index (Phi) is 7.86. The molecule has 0 aliphatic carbocycles. The van der Waals surface area contributed by atoms with E-state index < -0.39 is 17.7 Å². The van der Waals surface area contributed by atoms with E-state index in [1.807, 2.05) is 20.8 Å². The minimum Gasteiger partial charge on any atom is -0.467 e. The van der Waals surface area contributed by atoms with Crippen LogP contribution in [0.15, 0.2) is 0 Å². The number of unbranched alkanes of at least 4 members (excludes halogenated alkanes) is 3. The Morgan fingerprint density at radius 1 is 1.13 bits per heavy atom. The summed E-state index contributed by atoms with van der Waals surface area (Å²) in [7, 11) is 1.38. The second kappa shape index (κ2) is 9.14. The summed E-state index contributed by atoms with van der Waals surface area (Å²) in [6, 6.07) is -0.445. The van der Waals surface area contributed by atoms with Crippen molar-refractivity contribution in [1.29, 1.82) is 0 Å². The molecule has 1 aliphatic rings. The Balaban J connectivity index is 2.83. The predicted molar refractivity (Wildman–Crippen MR) is 90.3 cm³/mol. The van der Waals surface area contributed by atoms with Crippen LogP contribution in [0.2, 0.25) is 0 Å². The zero-order valence-electron chi connectivity index (χ0n) is 15.4. The summed E-state index contributed by atoms with van der Waals surface area (Å²) in [4.78, 5) is 26.4. The van der Waals surface area contributed by atoms with Crippen molar-refractivity contribution in [3.8, 4) is 0 Å². The first-order valence-corrected chi connectivity index (χ1v) is 8.89. The number of nitrogens with zero attached hydrogens (tertiary/aromatic N) is 1. The van der Waals surface area contributed by atoms with Gasteiger partial charge in [0.2, 0.25) is 0 Å². The van der Waals surface area contributed by atoms with E-state index in [1.165, 1.54) is 20.0 Å². The number of methoxy groups -OCH3 is 1. The molecule has 5 heteroatoms. The molecule has 0 bridgehead atoms. The molecule has 1 aliphatic heterocycles. The normalized spacial score (nSPS) is 21.9. The van der Waals surface area contributed by atoms with Crippen LogP contribution in [0.4, 0.5) is 4.79 Å². The molecule has 1 amide bonds. The van der Waals surface area contributed by atoms with Gasteiger partial charge < -0.3 is 9.47 Å². The van der Waals surface area contributed by atoms with Gasteiger partial charge in [-0.15, -0.1) is 0 Å². The maximum absolute atomic E-state index is 12.6. The molecule has 2 atom stereocenters. The van der Waals surface area contributed by atoms with Crippen molar-refractivity contribution in [1.82, 2.24) is 4.90 Å². The lowest BCUT2D eigenvalue weighted by Gasteiger charge is -2.41. The lowest BCUT2D eigenvalue weighted by atomic mass is 9.92. The van der Waals surface area contributed by atoms with Gasteiger partial charge in [0.25, 0.3) is 0 Å². The first-order valence-electron chi connectivity index (χ1n) is 8.89. The fourth-order valence-corrected chi connectivity index (χ4v) is 3.13. The summed E-state index contributed by atoms with van der Waals surface area (Å²) in [5.74, 6) is -0.339. The minimum absolute atomic E-state index is 0.0690. The van der Waals surface area contributed by atoms with E-state index in [9.17, 15) is 9.59 Å². The first kappa shape index (κ1) is 19.8. The number of esters is 1. The summed E-state index contributed by atoms with van der Waals surface area (Å²) < 4.78 is 10.4. The average molecular weight is 327 g/mol. The van der Waals surface area contributed by atoms with Crippen LogP contribution in [0.5, 0.6) is 0 Å². The van der Waals surface area contributed by atoms with Crippen molar-refractivity contribution >= 4 is 12.1 Å². The molecule has 0 spiro atoms. The number of ether oxygens (including phenoxy) is 2. The van der Waals surface area contributed by atoms with Crippen LogP contribution in [0, 0.1) is 0 Å². The molecule has 5 nitrogen and oxygen atoms in total. The highest BCUT2D eigenvalue weighted by atomic mass is 16.6. The number of hydrogen-bond donors (Lipinski definition) is 0. The standard InChI is InChI=1S/C18H33NO4/c1-6-7-8-9-11-14-12-10-13-15(16(20)22-5)19(14)17(21)23-18(2,3)4/h14-15H,6-13H2,1-5H3/t14-,15-/m0/s1. The summed E-state index contributed by atoms with van der Waals surface area (Å²) in [5.41, 5.74) is -0.567. The van der Waals surface area contributed by atoms with E-state index in [4.69, 9.17) is 9.47 Å². The highest BCUT2D eigenvalue weighted by Gasteiger charge is 2.40. The van der Waals surface area contributed by atoms with Crippen molar-refractivity contribution < 1.29 is 19.1 Å². The van der Waals surface area contributed by atoms with Gasteiger partial charge in [-0.2, -0.15) is 0 Å². The molecule has 1 fully saturated rings. The van der Waals surface area contributed by atoms with Gasteiger partial charge in [0, 0.05) is 6.04 Å². The molecule has 1 heterocycles. The fraction of sp³-hybridized carbons (Fsp3) is 0.889. The molecular weight excluding hydrogens is 294 g/mol. The number of hydrogen-bond acceptors (Lipinski definition) is 4. The van der Waals surface area contributed by atoms with E-state index in [2.05, 4.69) is 6.92 Å². The third-order valence-corrected chi connectivity index (χ3v) is 4.21. The molecule has 0 aromatic rings. The van der Waals surface area contributed by atoms with E-state index in [-0.39, 0.29) is 12.0 Å². The molecule has 0 unspecified atom stereocenters. The van der Waals surface area contributed by atoms with Crippen LogP contribution in [0.25, 0.3) is 0 Å². The lowest BCUT2D eigenvalue weighted by Crippen LogP contribution is -2.55. The smallest absolute Gasteiger partial charge is 0.411 e. The number of amides is 1. The van der Waals surface area contributed by atoms with Crippen LogP contribution < -0.4 is 0 Å². The van der Waals surface area contributed by atoms with Gasteiger partial charge >= 0.3 is 12.1 Å². The quantitative estimate of drug-likeness (QED) is 0.539. The van der Waals surface area contributed by atoms with Gasteiger partial charge in [-0.3, -0.25) is 4.90 Å². The fourth-order valence-electron chi connectivity index (χ4n) is 3.13. The number of likely N-dealkylation sites (tertiary alicyclic amines) is 1. The summed E-state index contributed by atoms with van der Waals surface area (Å²) in [6.45, 7) is 7.72. The molecule has 134 valence electrons. The van der Waals surface area contributed by atoms with Crippen molar-refractivity contribution in [3.05, 3.63) is 0 Å². The molecule has 1 rings (SSSR count). The predicted octanol–water partition coefficient (Wildman–Crippen LogP) is 4.29. The molecule has 0 radical (unpaired) electrons. The van der Waals surface area contributed by atoms with Gasteiger partial charge in [-0.1, -0.05) is 32.6 Å². The van der Waals surface area contributed by atoms with Gasteiger partial charge in [-0.25, -0.2) is 9.59 Å². The lowest BCUT2D eigenvalue weighted by molar-refractivity contribution is -0.149. The Hall–Kier alpha value is -1.26. The minimum atomic E-state index is -0.567. The molecule has 23 heavy (non-hydrogen) atoms. The van der Waals surface area contributed by atoms with Crippen LogP contribution >= 0.6 is 0 Å². The van der Waals surface area contributed by atoms with Crippen molar-refractivity contribution in [2.24, 2.45) is 0 Å².